The Labute approximate surface area is 123 Å². The predicted molar refractivity (Wildman–Crippen MR) is 86.5 cm³/mol. The maximum atomic E-state index is 6.31. The van der Waals surface area contributed by atoms with Gasteiger partial charge in [-0.15, -0.1) is 0 Å². The molecule has 112 valence electrons. The third-order valence-corrected chi connectivity index (χ3v) is 4.40. The molecule has 0 aliphatic carbocycles. The number of hydrogen-bond donors (Lipinski definition) is 1. The molecule has 3 nitrogen and oxygen atoms in total. The monoisotopic (exact) mass is 276 g/mol. The zero-order valence-corrected chi connectivity index (χ0v) is 13.3. The van der Waals surface area contributed by atoms with Crippen molar-refractivity contribution in [3.63, 3.8) is 0 Å². The van der Waals surface area contributed by atoms with Crippen LogP contribution in [0.3, 0.4) is 0 Å². The molecule has 2 N–H and O–H groups in total. The summed E-state index contributed by atoms with van der Waals surface area (Å²) in [5.41, 5.74) is 7.82. The van der Waals surface area contributed by atoms with Crippen LogP contribution in [0, 0.1) is 5.92 Å². The van der Waals surface area contributed by atoms with Crippen LogP contribution >= 0.6 is 0 Å². The van der Waals surface area contributed by atoms with Crippen molar-refractivity contribution in [2.75, 3.05) is 23.7 Å². The summed E-state index contributed by atoms with van der Waals surface area (Å²) in [5.74, 6) is 1.66. The number of rotatable bonds is 5. The lowest BCUT2D eigenvalue weighted by Crippen LogP contribution is -2.50. The van der Waals surface area contributed by atoms with Gasteiger partial charge in [0.25, 0.3) is 0 Å². The number of nitrogens with two attached hydrogens (primary N) is 1. The van der Waals surface area contributed by atoms with E-state index >= 15 is 0 Å². The number of nitrogen functional groups attached to an aromatic ring is 1. The summed E-state index contributed by atoms with van der Waals surface area (Å²) in [7, 11) is 0. The fourth-order valence-corrected chi connectivity index (χ4v) is 2.80. The molecule has 0 radical (unpaired) electrons. The fourth-order valence-electron chi connectivity index (χ4n) is 2.80. The van der Waals surface area contributed by atoms with E-state index in [1.54, 1.807) is 0 Å². The third kappa shape index (κ3) is 3.02. The average Bonchev–Trinajstić information content (AvgIpc) is 2.43. The van der Waals surface area contributed by atoms with Gasteiger partial charge in [-0.3, -0.25) is 0 Å². The normalized spacial score (nSPS) is 16.9. The molecular formula is C17H28N2O. The predicted octanol–water partition coefficient (Wildman–Crippen LogP) is 4.07. The molecule has 0 spiro atoms. The number of fused-ring (bicyclic) bond motifs is 1. The second kappa shape index (κ2) is 5.94. The van der Waals surface area contributed by atoms with Gasteiger partial charge in [0, 0.05) is 18.3 Å². The van der Waals surface area contributed by atoms with E-state index in [-0.39, 0.29) is 5.60 Å². The number of hydrogen-bond acceptors (Lipinski definition) is 3. The zero-order valence-electron chi connectivity index (χ0n) is 13.3. The van der Waals surface area contributed by atoms with Gasteiger partial charge in [-0.25, -0.2) is 0 Å². The van der Waals surface area contributed by atoms with E-state index < -0.39 is 0 Å². The quantitative estimate of drug-likeness (QED) is 0.824. The lowest BCUT2D eigenvalue weighted by molar-refractivity contribution is 0.0573. The lowest BCUT2D eigenvalue weighted by atomic mass is 9.93. The first-order valence-corrected chi connectivity index (χ1v) is 7.83. The van der Waals surface area contributed by atoms with Gasteiger partial charge in [0.1, 0.15) is 11.4 Å². The Balaban J connectivity index is 2.31. The molecule has 1 aliphatic rings. The molecule has 1 aromatic rings. The molecule has 0 atom stereocenters. The number of nitrogens with zero attached hydrogens (tertiary/aromatic N) is 1. The Morgan fingerprint density at radius 3 is 2.60 bits per heavy atom. The molecule has 1 aliphatic heterocycles. The van der Waals surface area contributed by atoms with Gasteiger partial charge in [0.2, 0.25) is 0 Å². The minimum absolute atomic E-state index is 0.0717. The van der Waals surface area contributed by atoms with Gasteiger partial charge < -0.3 is 15.4 Å². The summed E-state index contributed by atoms with van der Waals surface area (Å²) in [4.78, 5) is 2.48. The maximum Gasteiger partial charge on any atom is 0.145 e. The van der Waals surface area contributed by atoms with Crippen molar-refractivity contribution < 1.29 is 4.74 Å². The van der Waals surface area contributed by atoms with E-state index in [2.05, 4.69) is 38.7 Å². The largest absolute Gasteiger partial charge is 0.483 e. The summed E-state index contributed by atoms with van der Waals surface area (Å²) in [6.07, 6.45) is 3.25. The van der Waals surface area contributed by atoms with Crippen molar-refractivity contribution in [3.05, 3.63) is 18.2 Å². The van der Waals surface area contributed by atoms with E-state index in [1.807, 2.05) is 12.1 Å². The Kier molecular flexibility index (Phi) is 4.46. The van der Waals surface area contributed by atoms with Crippen molar-refractivity contribution in [1.82, 2.24) is 0 Å². The van der Waals surface area contributed by atoms with Crippen LogP contribution in [0.2, 0.25) is 0 Å². The van der Waals surface area contributed by atoms with Crippen LogP contribution in [0.4, 0.5) is 11.4 Å². The van der Waals surface area contributed by atoms with E-state index in [0.29, 0.717) is 5.92 Å². The first-order valence-electron chi connectivity index (χ1n) is 7.83. The first kappa shape index (κ1) is 15.0. The molecule has 0 saturated carbocycles. The van der Waals surface area contributed by atoms with E-state index in [9.17, 15) is 0 Å². The van der Waals surface area contributed by atoms with Gasteiger partial charge in [-0.05, 0) is 37.3 Å². The Morgan fingerprint density at radius 1 is 1.30 bits per heavy atom. The maximum absolute atomic E-state index is 6.31. The summed E-state index contributed by atoms with van der Waals surface area (Å²) in [6.45, 7) is 11.0. The standard InChI is InChI=1S/C17H28N2O/c1-5-17(6-2)12-19(10-9-13(3)4)15-8-7-14(18)11-16(15)20-17/h7-8,11,13H,5-6,9-10,12,18H2,1-4H3. The highest BCUT2D eigenvalue weighted by Gasteiger charge is 2.36. The molecule has 1 heterocycles. The molecule has 0 amide bonds. The first-order chi connectivity index (χ1) is 9.49. The molecule has 2 rings (SSSR count). The van der Waals surface area contributed by atoms with Gasteiger partial charge in [0.15, 0.2) is 0 Å². The van der Waals surface area contributed by atoms with E-state index in [0.717, 1.165) is 37.4 Å². The van der Waals surface area contributed by atoms with Gasteiger partial charge in [-0.1, -0.05) is 27.7 Å². The van der Waals surface area contributed by atoms with Gasteiger partial charge in [-0.2, -0.15) is 0 Å². The Hall–Kier alpha value is -1.38. The number of anilines is 2. The number of ether oxygens (including phenoxy) is 1. The van der Waals surface area contributed by atoms with Crippen molar-refractivity contribution in [2.24, 2.45) is 5.92 Å². The second-order valence-electron chi connectivity index (χ2n) is 6.32. The minimum atomic E-state index is -0.0717. The van der Waals surface area contributed by atoms with Crippen LogP contribution in [-0.2, 0) is 0 Å². The Morgan fingerprint density at radius 2 is 2.00 bits per heavy atom. The van der Waals surface area contributed by atoms with E-state index in [1.165, 1.54) is 12.1 Å². The Bertz CT molecular complexity index is 452. The molecule has 0 saturated heterocycles. The molecule has 20 heavy (non-hydrogen) atoms. The smallest absolute Gasteiger partial charge is 0.145 e. The summed E-state index contributed by atoms with van der Waals surface area (Å²) in [5, 5.41) is 0. The molecule has 0 fully saturated rings. The second-order valence-corrected chi connectivity index (χ2v) is 6.32. The number of benzene rings is 1. The van der Waals surface area contributed by atoms with Crippen LogP contribution < -0.4 is 15.4 Å². The molecule has 0 unspecified atom stereocenters. The average molecular weight is 276 g/mol. The zero-order chi connectivity index (χ0) is 14.8. The SMILES string of the molecule is CCC1(CC)CN(CCC(C)C)c2ccc(N)cc2O1. The highest BCUT2D eigenvalue weighted by atomic mass is 16.5. The molecule has 1 aromatic carbocycles. The van der Waals surface area contributed by atoms with Gasteiger partial charge >= 0.3 is 0 Å². The highest BCUT2D eigenvalue weighted by molar-refractivity contribution is 5.65. The highest BCUT2D eigenvalue weighted by Crippen LogP contribution is 2.40. The lowest BCUT2D eigenvalue weighted by Gasteiger charge is -2.44. The molecule has 0 aromatic heterocycles. The van der Waals surface area contributed by atoms with Crippen molar-refractivity contribution in [2.45, 2.75) is 52.6 Å². The molecule has 3 heteroatoms. The van der Waals surface area contributed by atoms with Crippen LogP contribution in [0.15, 0.2) is 18.2 Å². The van der Waals surface area contributed by atoms with Crippen LogP contribution in [0.5, 0.6) is 5.75 Å². The summed E-state index contributed by atoms with van der Waals surface area (Å²) in [6, 6.07) is 6.03. The van der Waals surface area contributed by atoms with Crippen molar-refractivity contribution in [3.8, 4) is 5.75 Å². The van der Waals surface area contributed by atoms with Crippen LogP contribution in [0.25, 0.3) is 0 Å². The van der Waals surface area contributed by atoms with Gasteiger partial charge in [0.05, 0.1) is 12.2 Å². The van der Waals surface area contributed by atoms with Crippen molar-refractivity contribution >= 4 is 11.4 Å². The summed E-state index contributed by atoms with van der Waals surface area (Å²) >= 11 is 0. The topological polar surface area (TPSA) is 38.5 Å². The van der Waals surface area contributed by atoms with Crippen LogP contribution in [-0.4, -0.2) is 18.7 Å². The van der Waals surface area contributed by atoms with E-state index in [4.69, 9.17) is 10.5 Å². The van der Waals surface area contributed by atoms with Crippen LogP contribution in [0.1, 0.15) is 47.0 Å². The van der Waals surface area contributed by atoms with Crippen molar-refractivity contribution in [1.29, 1.82) is 0 Å². The fraction of sp³-hybridized carbons (Fsp3) is 0.647. The minimum Gasteiger partial charge on any atom is -0.483 e. The third-order valence-electron chi connectivity index (χ3n) is 4.40. The molecular weight excluding hydrogens is 248 g/mol. The summed E-state index contributed by atoms with van der Waals surface area (Å²) < 4.78 is 6.31. The molecule has 0 bridgehead atoms.